The Bertz CT molecular complexity index is 633. The Morgan fingerprint density at radius 3 is 2.83 bits per heavy atom. The summed E-state index contributed by atoms with van der Waals surface area (Å²) in [4.78, 5) is 1.08. The van der Waals surface area contributed by atoms with E-state index in [0.29, 0.717) is 0 Å². The van der Waals surface area contributed by atoms with Gasteiger partial charge in [-0.05, 0) is 66.8 Å². The first-order chi connectivity index (χ1) is 11.2. The molecule has 2 aromatic rings. The molecule has 122 valence electrons. The zero-order chi connectivity index (χ0) is 16.1. The fraction of sp³-hybridized carbons (Fsp3) is 0.450. The lowest BCUT2D eigenvalue weighted by atomic mass is 9.91. The minimum atomic E-state index is 0.725. The van der Waals surface area contributed by atoms with Crippen molar-refractivity contribution in [2.45, 2.75) is 32.6 Å². The van der Waals surface area contributed by atoms with E-state index >= 15 is 0 Å². The molecule has 2 nitrogen and oxygen atoms in total. The first-order valence-electron chi connectivity index (χ1n) is 8.62. The van der Waals surface area contributed by atoms with E-state index < -0.39 is 0 Å². The summed E-state index contributed by atoms with van der Waals surface area (Å²) >= 11 is 1.65. The molecule has 0 bridgehead atoms. The van der Waals surface area contributed by atoms with Crippen LogP contribution in [0.1, 0.15) is 35.8 Å². The van der Waals surface area contributed by atoms with Crippen LogP contribution < -0.4 is 5.32 Å². The molecular weight excluding hydrogens is 300 g/mol. The van der Waals surface area contributed by atoms with E-state index in [0.717, 1.165) is 35.3 Å². The molecule has 0 radical (unpaired) electrons. The van der Waals surface area contributed by atoms with Crippen molar-refractivity contribution < 1.29 is 0 Å². The summed E-state index contributed by atoms with van der Waals surface area (Å²) in [5.41, 5.74) is 3.40. The van der Waals surface area contributed by atoms with Crippen molar-refractivity contribution in [1.29, 1.82) is 5.41 Å². The number of rotatable bonds is 7. The molecule has 3 heteroatoms. The third-order valence-corrected chi connectivity index (χ3v) is 5.84. The molecule has 2 unspecified atom stereocenters. The van der Waals surface area contributed by atoms with Crippen LogP contribution in [0.2, 0.25) is 0 Å². The van der Waals surface area contributed by atoms with E-state index in [1.54, 1.807) is 11.3 Å². The van der Waals surface area contributed by atoms with Crippen LogP contribution in [-0.4, -0.2) is 18.8 Å². The summed E-state index contributed by atoms with van der Waals surface area (Å²) in [6.45, 7) is 4.74. The van der Waals surface area contributed by atoms with Gasteiger partial charge < -0.3 is 10.7 Å². The maximum Gasteiger partial charge on any atom is 0.0529 e. The van der Waals surface area contributed by atoms with Crippen molar-refractivity contribution in [1.82, 2.24) is 5.32 Å². The SMILES string of the molecule is CC1CNCC1CCCc1cccc(CC(=N)c2cccs2)c1. The lowest BCUT2D eigenvalue weighted by Gasteiger charge is -2.13. The predicted molar refractivity (Wildman–Crippen MR) is 99.8 cm³/mol. The van der Waals surface area contributed by atoms with Crippen molar-refractivity contribution in [3.05, 3.63) is 57.8 Å². The van der Waals surface area contributed by atoms with Crippen LogP contribution in [0.4, 0.5) is 0 Å². The first-order valence-corrected chi connectivity index (χ1v) is 9.50. The van der Waals surface area contributed by atoms with Gasteiger partial charge in [-0.15, -0.1) is 11.3 Å². The molecule has 0 amide bonds. The second-order valence-electron chi connectivity index (χ2n) is 6.74. The van der Waals surface area contributed by atoms with E-state index in [-0.39, 0.29) is 0 Å². The highest BCUT2D eigenvalue weighted by molar-refractivity contribution is 7.12. The minimum absolute atomic E-state index is 0.725. The Morgan fingerprint density at radius 2 is 2.09 bits per heavy atom. The lowest BCUT2D eigenvalue weighted by Crippen LogP contribution is -2.10. The van der Waals surface area contributed by atoms with Crippen LogP contribution in [0.15, 0.2) is 41.8 Å². The van der Waals surface area contributed by atoms with Crippen LogP contribution in [-0.2, 0) is 12.8 Å². The smallest absolute Gasteiger partial charge is 0.0529 e. The highest BCUT2D eigenvalue weighted by Gasteiger charge is 2.21. The molecule has 23 heavy (non-hydrogen) atoms. The van der Waals surface area contributed by atoms with Gasteiger partial charge in [0, 0.05) is 11.3 Å². The zero-order valence-electron chi connectivity index (χ0n) is 13.8. The third-order valence-electron chi connectivity index (χ3n) is 4.91. The second kappa shape index (κ2) is 7.89. The highest BCUT2D eigenvalue weighted by atomic mass is 32.1. The van der Waals surface area contributed by atoms with E-state index in [1.165, 1.54) is 37.1 Å². The van der Waals surface area contributed by atoms with Crippen molar-refractivity contribution in [3.8, 4) is 0 Å². The van der Waals surface area contributed by atoms with Crippen molar-refractivity contribution in [2.24, 2.45) is 11.8 Å². The fourth-order valence-electron chi connectivity index (χ4n) is 3.46. The number of nitrogens with one attached hydrogen (secondary N) is 2. The lowest BCUT2D eigenvalue weighted by molar-refractivity contribution is 0.411. The molecule has 1 fully saturated rings. The molecule has 1 aromatic heterocycles. The zero-order valence-corrected chi connectivity index (χ0v) is 14.7. The molecule has 2 heterocycles. The number of benzene rings is 1. The van der Waals surface area contributed by atoms with Gasteiger partial charge in [-0.1, -0.05) is 37.3 Å². The summed E-state index contributed by atoms with van der Waals surface area (Å²) < 4.78 is 0. The van der Waals surface area contributed by atoms with Gasteiger partial charge in [0.1, 0.15) is 0 Å². The summed E-state index contributed by atoms with van der Waals surface area (Å²) in [5.74, 6) is 1.68. The van der Waals surface area contributed by atoms with Crippen LogP contribution in [0.25, 0.3) is 0 Å². The summed E-state index contributed by atoms with van der Waals surface area (Å²) in [6, 6.07) is 12.9. The minimum Gasteiger partial charge on any atom is -0.316 e. The third kappa shape index (κ3) is 4.52. The largest absolute Gasteiger partial charge is 0.316 e. The predicted octanol–water partition coefficient (Wildman–Crippen LogP) is 4.54. The standard InChI is InChI=1S/C20H26N2S/c1-15-13-22-14-18(15)8-3-6-16-5-2-7-17(11-16)12-19(21)20-9-4-10-23-20/h2,4-5,7,9-11,15,18,21-22H,3,6,8,12-14H2,1H3. The Hall–Kier alpha value is -1.45. The molecule has 2 N–H and O–H groups in total. The first kappa shape index (κ1) is 16.4. The molecule has 3 rings (SSSR count). The molecule has 0 spiro atoms. The van der Waals surface area contributed by atoms with Gasteiger partial charge in [0.05, 0.1) is 5.71 Å². The van der Waals surface area contributed by atoms with Gasteiger partial charge in [0.25, 0.3) is 0 Å². The van der Waals surface area contributed by atoms with Gasteiger partial charge in [-0.25, -0.2) is 0 Å². The summed E-state index contributed by atoms with van der Waals surface area (Å²) in [5, 5.41) is 13.8. The van der Waals surface area contributed by atoms with Crippen LogP contribution in [0.3, 0.4) is 0 Å². The Kier molecular flexibility index (Phi) is 5.63. The van der Waals surface area contributed by atoms with Gasteiger partial charge >= 0.3 is 0 Å². The van der Waals surface area contributed by atoms with Crippen LogP contribution >= 0.6 is 11.3 Å². The van der Waals surface area contributed by atoms with E-state index in [9.17, 15) is 0 Å². The van der Waals surface area contributed by atoms with E-state index in [4.69, 9.17) is 5.41 Å². The second-order valence-corrected chi connectivity index (χ2v) is 7.69. The van der Waals surface area contributed by atoms with Gasteiger partial charge in [-0.2, -0.15) is 0 Å². The molecule has 1 aliphatic rings. The van der Waals surface area contributed by atoms with Crippen LogP contribution in [0, 0.1) is 17.2 Å². The molecule has 0 aliphatic carbocycles. The van der Waals surface area contributed by atoms with Crippen molar-refractivity contribution >= 4 is 17.0 Å². The maximum atomic E-state index is 8.23. The number of thiophene rings is 1. The van der Waals surface area contributed by atoms with E-state index in [2.05, 4.69) is 36.5 Å². The monoisotopic (exact) mass is 326 g/mol. The molecule has 1 aliphatic heterocycles. The average molecular weight is 327 g/mol. The Balaban J connectivity index is 1.52. The average Bonchev–Trinajstić information content (AvgIpc) is 3.20. The van der Waals surface area contributed by atoms with Gasteiger partial charge in [0.15, 0.2) is 0 Å². The number of hydrogen-bond donors (Lipinski definition) is 2. The normalized spacial score (nSPS) is 20.7. The molecule has 2 atom stereocenters. The van der Waals surface area contributed by atoms with Crippen molar-refractivity contribution in [3.63, 3.8) is 0 Å². The maximum absolute atomic E-state index is 8.23. The molecule has 0 saturated carbocycles. The molecule has 1 saturated heterocycles. The number of aryl methyl sites for hydroxylation is 1. The Morgan fingerprint density at radius 1 is 1.22 bits per heavy atom. The fourth-order valence-corrected chi connectivity index (χ4v) is 4.13. The summed E-state index contributed by atoms with van der Waals surface area (Å²) in [6.07, 6.45) is 4.48. The van der Waals surface area contributed by atoms with Crippen molar-refractivity contribution in [2.75, 3.05) is 13.1 Å². The highest BCUT2D eigenvalue weighted by Crippen LogP contribution is 2.22. The molecular formula is C20H26N2S. The van der Waals surface area contributed by atoms with E-state index in [1.807, 2.05) is 17.5 Å². The quantitative estimate of drug-likeness (QED) is 0.720. The topological polar surface area (TPSA) is 35.9 Å². The van der Waals surface area contributed by atoms with Gasteiger partial charge in [0.2, 0.25) is 0 Å². The number of hydrogen-bond acceptors (Lipinski definition) is 3. The summed E-state index contributed by atoms with van der Waals surface area (Å²) in [7, 11) is 0. The van der Waals surface area contributed by atoms with Gasteiger partial charge in [-0.3, -0.25) is 0 Å². The Labute approximate surface area is 143 Å². The molecule has 1 aromatic carbocycles. The van der Waals surface area contributed by atoms with Crippen LogP contribution in [0.5, 0.6) is 0 Å².